The second-order valence-corrected chi connectivity index (χ2v) is 3.37. The topological polar surface area (TPSA) is 56.2 Å². The van der Waals surface area contributed by atoms with E-state index in [2.05, 4.69) is 0 Å². The number of nitrogens with two attached hydrogens (primary N) is 1. The largest absolute Gasteiger partial charge is 0.472 e. The molecule has 76 valence electrons. The molecule has 0 bridgehead atoms. The van der Waals surface area contributed by atoms with Gasteiger partial charge in [0.15, 0.2) is 5.78 Å². The molecule has 0 aliphatic carbocycles. The van der Waals surface area contributed by atoms with Crippen LogP contribution in [0, 0.1) is 0 Å². The maximum absolute atomic E-state index is 11.3. The molecule has 0 aliphatic heterocycles. The van der Waals surface area contributed by atoms with Crippen molar-refractivity contribution < 1.29 is 9.21 Å². The van der Waals surface area contributed by atoms with Gasteiger partial charge in [-0.15, -0.1) is 0 Å². The van der Waals surface area contributed by atoms with Gasteiger partial charge in [0.1, 0.15) is 0 Å². The molecular weight excluding hydrogens is 190 g/mol. The third kappa shape index (κ3) is 1.76. The molecule has 2 aromatic rings. The predicted octanol–water partition coefficient (Wildman–Crippen LogP) is 2.73. The Kier molecular flexibility index (Phi) is 2.29. The summed E-state index contributed by atoms with van der Waals surface area (Å²) >= 11 is 0. The molecular formula is C12H11NO2. The zero-order chi connectivity index (χ0) is 10.8. The Bertz CT molecular complexity index is 486. The van der Waals surface area contributed by atoms with Crippen LogP contribution in [0.2, 0.25) is 0 Å². The number of ketones is 1. The first-order chi connectivity index (χ1) is 7.18. The SMILES string of the molecule is CC(=O)c1cc(-c2ccoc2)ccc1N. The van der Waals surface area contributed by atoms with E-state index in [1.165, 1.54) is 6.92 Å². The molecule has 1 aromatic carbocycles. The van der Waals surface area contributed by atoms with Gasteiger partial charge in [-0.1, -0.05) is 6.07 Å². The molecule has 0 aliphatic rings. The van der Waals surface area contributed by atoms with E-state index in [0.29, 0.717) is 11.3 Å². The third-order valence-electron chi connectivity index (χ3n) is 2.29. The zero-order valence-corrected chi connectivity index (χ0v) is 8.36. The fourth-order valence-electron chi connectivity index (χ4n) is 1.47. The van der Waals surface area contributed by atoms with Crippen LogP contribution >= 0.6 is 0 Å². The number of benzene rings is 1. The van der Waals surface area contributed by atoms with Crippen molar-refractivity contribution in [2.45, 2.75) is 6.92 Å². The normalized spacial score (nSPS) is 10.2. The highest BCUT2D eigenvalue weighted by Gasteiger charge is 2.07. The van der Waals surface area contributed by atoms with E-state index in [4.69, 9.17) is 10.2 Å². The highest BCUT2D eigenvalue weighted by Crippen LogP contribution is 2.24. The fourth-order valence-corrected chi connectivity index (χ4v) is 1.47. The number of carbonyl (C=O) groups excluding carboxylic acids is 1. The first-order valence-corrected chi connectivity index (χ1v) is 4.61. The number of rotatable bonds is 2. The molecule has 0 radical (unpaired) electrons. The Hall–Kier alpha value is -2.03. The molecule has 0 amide bonds. The molecule has 0 saturated heterocycles. The van der Waals surface area contributed by atoms with E-state index >= 15 is 0 Å². The molecule has 3 heteroatoms. The minimum Gasteiger partial charge on any atom is -0.472 e. The Balaban J connectivity index is 2.52. The molecule has 3 nitrogen and oxygen atoms in total. The molecule has 2 rings (SSSR count). The molecule has 0 fully saturated rings. The van der Waals surface area contributed by atoms with Crippen molar-refractivity contribution >= 4 is 11.5 Å². The van der Waals surface area contributed by atoms with Gasteiger partial charge in [-0.2, -0.15) is 0 Å². The van der Waals surface area contributed by atoms with Gasteiger partial charge in [0, 0.05) is 16.8 Å². The lowest BCUT2D eigenvalue weighted by atomic mass is 10.0. The average Bonchev–Trinajstić information content (AvgIpc) is 2.71. The number of carbonyl (C=O) groups is 1. The Morgan fingerprint density at radius 2 is 2.07 bits per heavy atom. The summed E-state index contributed by atoms with van der Waals surface area (Å²) in [6.45, 7) is 1.50. The molecule has 15 heavy (non-hydrogen) atoms. The lowest BCUT2D eigenvalue weighted by Crippen LogP contribution is -1.99. The summed E-state index contributed by atoms with van der Waals surface area (Å²) in [6, 6.07) is 7.23. The maximum Gasteiger partial charge on any atom is 0.161 e. The van der Waals surface area contributed by atoms with Crippen LogP contribution in [0.15, 0.2) is 41.2 Å². The monoisotopic (exact) mass is 201 g/mol. The molecule has 2 N–H and O–H groups in total. The van der Waals surface area contributed by atoms with Crippen LogP contribution in [0.5, 0.6) is 0 Å². The summed E-state index contributed by atoms with van der Waals surface area (Å²) < 4.78 is 4.98. The number of nitrogen functional groups attached to an aromatic ring is 1. The van der Waals surface area contributed by atoms with Gasteiger partial charge in [0.2, 0.25) is 0 Å². The predicted molar refractivity (Wildman–Crippen MR) is 58.6 cm³/mol. The van der Waals surface area contributed by atoms with Crippen LogP contribution in [-0.4, -0.2) is 5.78 Å². The van der Waals surface area contributed by atoms with Crippen molar-refractivity contribution in [2.75, 3.05) is 5.73 Å². The first-order valence-electron chi connectivity index (χ1n) is 4.61. The lowest BCUT2D eigenvalue weighted by molar-refractivity contribution is 0.101. The summed E-state index contributed by atoms with van der Waals surface area (Å²) in [5, 5.41) is 0. The second kappa shape index (κ2) is 3.61. The number of hydrogen-bond acceptors (Lipinski definition) is 3. The Morgan fingerprint density at radius 1 is 1.27 bits per heavy atom. The van der Waals surface area contributed by atoms with Gasteiger partial charge in [0.25, 0.3) is 0 Å². The summed E-state index contributed by atoms with van der Waals surface area (Å²) in [5.41, 5.74) is 8.63. The maximum atomic E-state index is 11.3. The zero-order valence-electron chi connectivity index (χ0n) is 8.36. The van der Waals surface area contributed by atoms with Gasteiger partial charge < -0.3 is 10.2 Å². The van der Waals surface area contributed by atoms with Crippen molar-refractivity contribution in [1.29, 1.82) is 0 Å². The van der Waals surface area contributed by atoms with Crippen molar-refractivity contribution in [3.05, 3.63) is 42.4 Å². The minimum absolute atomic E-state index is 0.0298. The van der Waals surface area contributed by atoms with Crippen LogP contribution in [0.1, 0.15) is 17.3 Å². The van der Waals surface area contributed by atoms with Crippen LogP contribution in [-0.2, 0) is 0 Å². The van der Waals surface area contributed by atoms with Crippen LogP contribution < -0.4 is 5.73 Å². The third-order valence-corrected chi connectivity index (χ3v) is 2.29. The average molecular weight is 201 g/mol. The van der Waals surface area contributed by atoms with E-state index in [9.17, 15) is 4.79 Å². The molecule has 1 aromatic heterocycles. The van der Waals surface area contributed by atoms with E-state index in [-0.39, 0.29) is 5.78 Å². The van der Waals surface area contributed by atoms with Gasteiger partial charge in [-0.3, -0.25) is 4.79 Å². The van der Waals surface area contributed by atoms with Gasteiger partial charge in [-0.25, -0.2) is 0 Å². The highest BCUT2D eigenvalue weighted by atomic mass is 16.3. The summed E-state index contributed by atoms with van der Waals surface area (Å²) in [5.74, 6) is -0.0298. The lowest BCUT2D eigenvalue weighted by Gasteiger charge is -2.04. The molecule has 0 atom stereocenters. The van der Waals surface area contributed by atoms with Crippen LogP contribution in [0.3, 0.4) is 0 Å². The quantitative estimate of drug-likeness (QED) is 0.600. The Morgan fingerprint density at radius 3 is 2.67 bits per heavy atom. The molecule has 0 unspecified atom stereocenters. The van der Waals surface area contributed by atoms with Gasteiger partial charge in [-0.05, 0) is 30.7 Å². The van der Waals surface area contributed by atoms with Crippen molar-refractivity contribution in [1.82, 2.24) is 0 Å². The number of anilines is 1. The highest BCUT2D eigenvalue weighted by molar-refractivity contribution is 6.00. The van der Waals surface area contributed by atoms with Crippen molar-refractivity contribution in [3.8, 4) is 11.1 Å². The smallest absolute Gasteiger partial charge is 0.161 e. The van der Waals surface area contributed by atoms with E-state index in [1.807, 2.05) is 12.1 Å². The van der Waals surface area contributed by atoms with E-state index in [1.54, 1.807) is 24.7 Å². The van der Waals surface area contributed by atoms with Gasteiger partial charge in [0.05, 0.1) is 12.5 Å². The van der Waals surface area contributed by atoms with Gasteiger partial charge >= 0.3 is 0 Å². The van der Waals surface area contributed by atoms with E-state index in [0.717, 1.165) is 11.1 Å². The van der Waals surface area contributed by atoms with Crippen LogP contribution in [0.25, 0.3) is 11.1 Å². The number of hydrogen-bond donors (Lipinski definition) is 1. The fraction of sp³-hybridized carbons (Fsp3) is 0.0833. The van der Waals surface area contributed by atoms with Crippen LogP contribution in [0.4, 0.5) is 5.69 Å². The molecule has 1 heterocycles. The summed E-state index contributed by atoms with van der Waals surface area (Å²) in [7, 11) is 0. The number of furan rings is 1. The second-order valence-electron chi connectivity index (χ2n) is 3.37. The molecule has 0 spiro atoms. The van der Waals surface area contributed by atoms with E-state index < -0.39 is 0 Å². The Labute approximate surface area is 87.5 Å². The summed E-state index contributed by atoms with van der Waals surface area (Å²) in [4.78, 5) is 11.3. The first kappa shape index (κ1) is 9.52. The van der Waals surface area contributed by atoms with Crippen molar-refractivity contribution in [2.24, 2.45) is 0 Å². The van der Waals surface area contributed by atoms with Crippen molar-refractivity contribution in [3.63, 3.8) is 0 Å². The molecule has 0 saturated carbocycles. The standard InChI is InChI=1S/C12H11NO2/c1-8(14)11-6-9(2-3-12(11)13)10-4-5-15-7-10/h2-7H,13H2,1H3. The minimum atomic E-state index is -0.0298. The summed E-state index contributed by atoms with van der Waals surface area (Å²) in [6.07, 6.45) is 3.23. The number of Topliss-reactive ketones (excluding diaryl/α,β-unsaturated/α-hetero) is 1.